The first-order valence-corrected chi connectivity index (χ1v) is 16.4. The van der Waals surface area contributed by atoms with E-state index in [-0.39, 0.29) is 16.6 Å². The predicted molar refractivity (Wildman–Crippen MR) is 195 cm³/mol. The van der Waals surface area contributed by atoms with Crippen LogP contribution < -0.4 is 9.80 Å². The van der Waals surface area contributed by atoms with Crippen molar-refractivity contribution in [2.45, 2.75) is 45.4 Å². The third-order valence-electron chi connectivity index (χ3n) is 10.6. The van der Waals surface area contributed by atoms with Crippen LogP contribution in [0.3, 0.4) is 0 Å². The first kappa shape index (κ1) is 29.3. The highest BCUT2D eigenvalue weighted by molar-refractivity contribution is 5.89. The van der Waals surface area contributed by atoms with Crippen LogP contribution in [0.2, 0.25) is 0 Å². The lowest BCUT2D eigenvalue weighted by molar-refractivity contribution is 0.628. The summed E-state index contributed by atoms with van der Waals surface area (Å²) in [5, 5.41) is 0. The Labute approximate surface area is 277 Å². The lowest BCUT2D eigenvalue weighted by Gasteiger charge is -2.29. The summed E-state index contributed by atoms with van der Waals surface area (Å²) < 4.78 is 13.6. The number of para-hydroxylation sites is 1. The number of anilines is 5. The maximum Gasteiger partial charge on any atom is 0.123 e. The molecule has 2 aliphatic carbocycles. The molecule has 0 atom stereocenters. The van der Waals surface area contributed by atoms with E-state index in [1.165, 1.54) is 62.2 Å². The van der Waals surface area contributed by atoms with Crippen molar-refractivity contribution in [1.82, 2.24) is 0 Å². The Morgan fingerprint density at radius 1 is 0.447 bits per heavy atom. The van der Waals surface area contributed by atoms with Gasteiger partial charge < -0.3 is 9.80 Å². The first-order valence-electron chi connectivity index (χ1n) is 16.4. The average Bonchev–Trinajstić information content (AvgIpc) is 3.43. The Kier molecular flexibility index (Phi) is 6.50. The van der Waals surface area contributed by atoms with Crippen LogP contribution in [0.5, 0.6) is 0 Å². The molecule has 2 aliphatic rings. The van der Waals surface area contributed by atoms with Crippen molar-refractivity contribution in [2.75, 3.05) is 16.8 Å². The van der Waals surface area contributed by atoms with Crippen LogP contribution in [0, 0.1) is 12.7 Å². The molecule has 0 unspecified atom stereocenters. The maximum atomic E-state index is 13.6. The molecule has 232 valence electrons. The summed E-state index contributed by atoms with van der Waals surface area (Å²) in [5.74, 6) is -0.225. The van der Waals surface area contributed by atoms with Crippen molar-refractivity contribution < 1.29 is 4.39 Å². The Bertz CT molecular complexity index is 2180. The van der Waals surface area contributed by atoms with E-state index in [4.69, 9.17) is 0 Å². The molecule has 8 rings (SSSR count). The van der Waals surface area contributed by atoms with Gasteiger partial charge in [0.15, 0.2) is 0 Å². The minimum atomic E-state index is -0.225. The molecule has 0 saturated heterocycles. The summed E-state index contributed by atoms with van der Waals surface area (Å²) in [4.78, 5) is 4.52. The highest BCUT2D eigenvalue weighted by atomic mass is 19.1. The van der Waals surface area contributed by atoms with Crippen molar-refractivity contribution in [3.8, 4) is 22.3 Å². The molecule has 0 saturated carbocycles. The lowest BCUT2D eigenvalue weighted by atomic mass is 9.82. The van der Waals surface area contributed by atoms with Gasteiger partial charge in [-0.3, -0.25) is 0 Å². The zero-order valence-electron chi connectivity index (χ0n) is 27.9. The maximum absolute atomic E-state index is 13.6. The summed E-state index contributed by atoms with van der Waals surface area (Å²) in [5.41, 5.74) is 17.1. The predicted octanol–water partition coefficient (Wildman–Crippen LogP) is 12.0. The van der Waals surface area contributed by atoms with Crippen LogP contribution in [-0.2, 0) is 10.8 Å². The van der Waals surface area contributed by atoms with Gasteiger partial charge in [0.25, 0.3) is 0 Å². The molecule has 0 radical (unpaired) electrons. The van der Waals surface area contributed by atoms with Crippen LogP contribution in [0.15, 0.2) is 127 Å². The quantitative estimate of drug-likeness (QED) is 0.191. The summed E-state index contributed by atoms with van der Waals surface area (Å²) in [6.07, 6.45) is 0. The van der Waals surface area contributed by atoms with Crippen molar-refractivity contribution in [3.63, 3.8) is 0 Å². The largest absolute Gasteiger partial charge is 0.345 e. The number of nitrogens with zero attached hydrogens (tertiary/aromatic N) is 2. The van der Waals surface area contributed by atoms with Gasteiger partial charge in [-0.25, -0.2) is 4.39 Å². The van der Waals surface area contributed by atoms with Crippen LogP contribution in [0.25, 0.3) is 22.3 Å². The van der Waals surface area contributed by atoms with Crippen molar-refractivity contribution in [3.05, 3.63) is 161 Å². The molecule has 6 aromatic rings. The summed E-state index contributed by atoms with van der Waals surface area (Å²) in [6, 6.07) is 44.9. The Hall–Kier alpha value is -5.15. The minimum absolute atomic E-state index is 0.0402. The van der Waals surface area contributed by atoms with E-state index in [1.54, 1.807) is 0 Å². The lowest BCUT2D eigenvalue weighted by Crippen LogP contribution is -2.18. The van der Waals surface area contributed by atoms with Crippen LogP contribution in [0.1, 0.15) is 55.5 Å². The highest BCUT2D eigenvalue weighted by Crippen LogP contribution is 2.53. The fourth-order valence-electron chi connectivity index (χ4n) is 7.91. The standard InChI is InChI=1S/C44H39FN2/c1-28-12-22-39-37(24-28)38-25-33(19-23-40(38)43(39,2)3)47(31-10-8-7-9-11-31)34-18-21-36-35-20-17-32(26-41(35)44(4,5)42(36)27-34)46(6)30-15-13-29(45)14-16-30/h7-27H,1-6H3. The summed E-state index contributed by atoms with van der Waals surface area (Å²) in [7, 11) is 2.04. The van der Waals surface area contributed by atoms with E-state index in [0.29, 0.717) is 0 Å². The second kappa shape index (κ2) is 10.4. The van der Waals surface area contributed by atoms with Crippen molar-refractivity contribution in [2.24, 2.45) is 0 Å². The zero-order chi connectivity index (χ0) is 32.7. The number of rotatable bonds is 5. The highest BCUT2D eigenvalue weighted by Gasteiger charge is 2.38. The van der Waals surface area contributed by atoms with Crippen molar-refractivity contribution >= 4 is 28.4 Å². The van der Waals surface area contributed by atoms with E-state index in [0.717, 1.165) is 28.4 Å². The first-order chi connectivity index (χ1) is 22.5. The number of hydrogen-bond acceptors (Lipinski definition) is 2. The van der Waals surface area contributed by atoms with Crippen LogP contribution in [0.4, 0.5) is 32.8 Å². The Morgan fingerprint density at radius 2 is 0.957 bits per heavy atom. The van der Waals surface area contributed by atoms with Gasteiger partial charge in [0.05, 0.1) is 0 Å². The third-order valence-corrected chi connectivity index (χ3v) is 10.6. The van der Waals surface area contributed by atoms with E-state index >= 15 is 0 Å². The van der Waals surface area contributed by atoms with Gasteiger partial charge >= 0.3 is 0 Å². The number of benzene rings is 6. The molecule has 0 aromatic heterocycles. The molecule has 0 spiro atoms. The molecule has 0 bridgehead atoms. The smallest absolute Gasteiger partial charge is 0.123 e. The third kappa shape index (κ3) is 4.52. The van der Waals surface area contributed by atoms with Gasteiger partial charge in [-0.2, -0.15) is 0 Å². The average molecular weight is 615 g/mol. The SMILES string of the molecule is Cc1ccc2c(c1)-c1cc(N(c3ccccc3)c3ccc4c(c3)C(C)(C)c3cc(N(C)c5ccc(F)cc5)ccc3-4)ccc1C2(C)C. The molecule has 0 fully saturated rings. The van der Waals surface area contributed by atoms with Gasteiger partial charge in [-0.15, -0.1) is 0 Å². The monoisotopic (exact) mass is 614 g/mol. The van der Waals surface area contributed by atoms with E-state index in [2.05, 4.69) is 148 Å². The minimum Gasteiger partial charge on any atom is -0.345 e. The van der Waals surface area contributed by atoms with Crippen molar-refractivity contribution in [1.29, 1.82) is 0 Å². The fraction of sp³-hybridized carbons (Fsp3) is 0.182. The molecule has 0 aliphatic heterocycles. The topological polar surface area (TPSA) is 6.48 Å². The van der Waals surface area contributed by atoms with Gasteiger partial charge in [0.1, 0.15) is 5.82 Å². The van der Waals surface area contributed by atoms with Gasteiger partial charge in [0.2, 0.25) is 0 Å². The molecule has 47 heavy (non-hydrogen) atoms. The van der Waals surface area contributed by atoms with Gasteiger partial charge in [-0.05, 0) is 124 Å². The van der Waals surface area contributed by atoms with E-state index in [9.17, 15) is 4.39 Å². The van der Waals surface area contributed by atoms with E-state index in [1.807, 2.05) is 19.2 Å². The molecular weight excluding hydrogens is 575 g/mol. The number of fused-ring (bicyclic) bond motifs is 6. The molecule has 6 aromatic carbocycles. The molecule has 2 nitrogen and oxygen atoms in total. The van der Waals surface area contributed by atoms with Crippen LogP contribution >= 0.6 is 0 Å². The van der Waals surface area contributed by atoms with Crippen LogP contribution in [-0.4, -0.2) is 7.05 Å². The number of hydrogen-bond donors (Lipinski definition) is 0. The molecule has 0 amide bonds. The molecular formula is C44H39FN2. The fourth-order valence-corrected chi connectivity index (χ4v) is 7.91. The number of aryl methyl sites for hydroxylation is 1. The normalized spacial score (nSPS) is 14.6. The number of halogens is 1. The summed E-state index contributed by atoms with van der Waals surface area (Å²) in [6.45, 7) is 11.5. The zero-order valence-corrected chi connectivity index (χ0v) is 27.9. The van der Waals surface area contributed by atoms with Gasteiger partial charge in [0, 0.05) is 46.3 Å². The van der Waals surface area contributed by atoms with Gasteiger partial charge in [-0.1, -0.05) is 87.9 Å². The second-order valence-corrected chi connectivity index (χ2v) is 14.2. The Morgan fingerprint density at radius 3 is 1.64 bits per heavy atom. The molecule has 0 N–H and O–H groups in total. The van der Waals surface area contributed by atoms with E-state index < -0.39 is 0 Å². The Balaban J connectivity index is 1.23. The molecule has 0 heterocycles. The molecule has 3 heteroatoms. The second-order valence-electron chi connectivity index (χ2n) is 14.2. The summed E-state index contributed by atoms with van der Waals surface area (Å²) >= 11 is 0.